The first-order valence-electron chi connectivity index (χ1n) is 4.91. The fourth-order valence-electron chi connectivity index (χ4n) is 1.29. The van der Waals surface area contributed by atoms with E-state index in [1.165, 1.54) is 6.07 Å². The van der Waals surface area contributed by atoms with E-state index in [9.17, 15) is 22.8 Å². The van der Waals surface area contributed by atoms with Crippen molar-refractivity contribution >= 4 is 17.4 Å². The van der Waals surface area contributed by atoms with Crippen molar-refractivity contribution in [3.05, 3.63) is 42.0 Å². The molecule has 1 aromatic carbocycles. The zero-order valence-electron chi connectivity index (χ0n) is 9.47. The van der Waals surface area contributed by atoms with Gasteiger partial charge in [0.05, 0.1) is 11.3 Å². The lowest BCUT2D eigenvalue weighted by molar-refractivity contribution is -0.137. The third kappa shape index (κ3) is 3.19. The maximum Gasteiger partial charge on any atom is 0.418 e. The highest BCUT2D eigenvalue weighted by Gasteiger charge is 2.34. The number of halogens is 3. The first-order valence-corrected chi connectivity index (χ1v) is 4.91. The SMILES string of the molecule is C=CC(=O)Nc1ccc(C(C)=O)cc1C(F)(F)F. The normalized spacial score (nSPS) is 10.9. The monoisotopic (exact) mass is 257 g/mol. The molecule has 6 heteroatoms. The second-order valence-electron chi connectivity index (χ2n) is 3.51. The van der Waals surface area contributed by atoms with Gasteiger partial charge in [-0.1, -0.05) is 6.58 Å². The Morgan fingerprint density at radius 1 is 1.33 bits per heavy atom. The molecule has 0 unspecified atom stereocenters. The van der Waals surface area contributed by atoms with E-state index in [0.717, 1.165) is 19.1 Å². The first kappa shape index (κ1) is 14.0. The number of Topliss-reactive ketones (excluding diaryl/α,β-unsaturated/α-hetero) is 1. The van der Waals surface area contributed by atoms with Crippen LogP contribution in [0.1, 0.15) is 22.8 Å². The Hall–Kier alpha value is -2.11. The van der Waals surface area contributed by atoms with E-state index in [1.54, 1.807) is 0 Å². The number of rotatable bonds is 3. The van der Waals surface area contributed by atoms with E-state index in [4.69, 9.17) is 0 Å². The maximum atomic E-state index is 12.8. The van der Waals surface area contributed by atoms with E-state index in [0.29, 0.717) is 6.07 Å². The van der Waals surface area contributed by atoms with Gasteiger partial charge in [0, 0.05) is 5.56 Å². The standard InChI is InChI=1S/C12H10F3NO2/c1-3-11(18)16-10-5-4-8(7(2)17)6-9(10)12(13,14)15/h3-6H,1H2,2H3,(H,16,18). The number of ketones is 1. The Balaban J connectivity index is 3.30. The molecule has 0 aliphatic rings. The van der Waals surface area contributed by atoms with Crippen LogP contribution in [0.4, 0.5) is 18.9 Å². The van der Waals surface area contributed by atoms with Crippen molar-refractivity contribution in [3.63, 3.8) is 0 Å². The second kappa shape index (κ2) is 5.03. The molecule has 0 saturated carbocycles. The number of nitrogens with one attached hydrogen (secondary N) is 1. The summed E-state index contributed by atoms with van der Waals surface area (Å²) in [6.45, 7) is 4.31. The molecule has 0 heterocycles. The Kier molecular flexibility index (Phi) is 3.90. The minimum absolute atomic E-state index is 0.0704. The Morgan fingerprint density at radius 3 is 2.39 bits per heavy atom. The molecule has 1 amide bonds. The summed E-state index contributed by atoms with van der Waals surface area (Å²) < 4.78 is 38.3. The van der Waals surface area contributed by atoms with Crippen LogP contribution < -0.4 is 5.32 Å². The summed E-state index contributed by atoms with van der Waals surface area (Å²) in [5.74, 6) is -1.24. The van der Waals surface area contributed by atoms with Crippen LogP contribution >= 0.6 is 0 Å². The quantitative estimate of drug-likeness (QED) is 0.668. The van der Waals surface area contributed by atoms with Crippen molar-refractivity contribution in [1.82, 2.24) is 0 Å². The molecule has 0 atom stereocenters. The van der Waals surface area contributed by atoms with Gasteiger partial charge in [-0.25, -0.2) is 0 Å². The highest BCUT2D eigenvalue weighted by atomic mass is 19.4. The maximum absolute atomic E-state index is 12.8. The zero-order valence-corrected chi connectivity index (χ0v) is 9.47. The van der Waals surface area contributed by atoms with Crippen molar-refractivity contribution in [1.29, 1.82) is 0 Å². The van der Waals surface area contributed by atoms with Gasteiger partial charge >= 0.3 is 6.18 Å². The zero-order chi connectivity index (χ0) is 13.9. The lowest BCUT2D eigenvalue weighted by Crippen LogP contribution is -2.15. The molecule has 3 nitrogen and oxygen atoms in total. The van der Waals surface area contributed by atoms with Gasteiger partial charge in [-0.3, -0.25) is 9.59 Å². The van der Waals surface area contributed by atoms with Gasteiger partial charge in [-0.05, 0) is 31.2 Å². The third-order valence-electron chi connectivity index (χ3n) is 2.17. The average molecular weight is 257 g/mol. The molecule has 0 aromatic heterocycles. The fraction of sp³-hybridized carbons (Fsp3) is 0.167. The van der Waals surface area contributed by atoms with Gasteiger partial charge in [-0.2, -0.15) is 13.2 Å². The van der Waals surface area contributed by atoms with Crippen molar-refractivity contribution in [2.75, 3.05) is 5.32 Å². The summed E-state index contributed by atoms with van der Waals surface area (Å²) >= 11 is 0. The van der Waals surface area contributed by atoms with Crippen LogP contribution in [0.3, 0.4) is 0 Å². The van der Waals surface area contributed by atoms with Gasteiger partial charge < -0.3 is 5.32 Å². The van der Waals surface area contributed by atoms with Crippen LogP contribution in [0, 0.1) is 0 Å². The number of anilines is 1. The Labute approximate surface area is 101 Å². The van der Waals surface area contributed by atoms with Crippen molar-refractivity contribution in [2.45, 2.75) is 13.1 Å². The lowest BCUT2D eigenvalue weighted by atomic mass is 10.1. The van der Waals surface area contributed by atoms with Crippen LogP contribution in [0.15, 0.2) is 30.9 Å². The lowest BCUT2D eigenvalue weighted by Gasteiger charge is -2.14. The smallest absolute Gasteiger partial charge is 0.322 e. The number of carbonyl (C=O) groups excluding carboxylic acids is 2. The highest BCUT2D eigenvalue weighted by Crippen LogP contribution is 2.35. The van der Waals surface area contributed by atoms with Gasteiger partial charge in [0.25, 0.3) is 0 Å². The molecule has 18 heavy (non-hydrogen) atoms. The molecule has 0 bridgehead atoms. The van der Waals surface area contributed by atoms with Crippen LogP contribution in [0.2, 0.25) is 0 Å². The molecule has 0 spiro atoms. The number of hydrogen-bond donors (Lipinski definition) is 1. The van der Waals surface area contributed by atoms with Crippen LogP contribution in [0.25, 0.3) is 0 Å². The largest absolute Gasteiger partial charge is 0.418 e. The van der Waals surface area contributed by atoms with Crippen molar-refractivity contribution in [3.8, 4) is 0 Å². The number of alkyl halides is 3. The van der Waals surface area contributed by atoms with Crippen molar-refractivity contribution in [2.24, 2.45) is 0 Å². The predicted octanol–water partition coefficient (Wildman–Crippen LogP) is 3.03. The molecule has 0 fully saturated rings. The minimum atomic E-state index is -4.66. The topological polar surface area (TPSA) is 46.2 Å². The average Bonchev–Trinajstić information content (AvgIpc) is 2.27. The number of benzene rings is 1. The number of carbonyl (C=O) groups is 2. The summed E-state index contributed by atoms with van der Waals surface area (Å²) in [7, 11) is 0. The van der Waals surface area contributed by atoms with Crippen LogP contribution in [-0.2, 0) is 11.0 Å². The Bertz CT molecular complexity index is 507. The van der Waals surface area contributed by atoms with E-state index in [1.807, 2.05) is 5.32 Å². The molecule has 96 valence electrons. The summed E-state index contributed by atoms with van der Waals surface area (Å²) in [5.41, 5.74) is -1.54. The predicted molar refractivity (Wildman–Crippen MR) is 60.3 cm³/mol. The molecular weight excluding hydrogens is 247 g/mol. The van der Waals surface area contributed by atoms with E-state index in [-0.39, 0.29) is 5.56 Å². The third-order valence-corrected chi connectivity index (χ3v) is 2.17. The molecular formula is C12H10F3NO2. The molecule has 1 aromatic rings. The molecule has 0 aliphatic heterocycles. The van der Waals surface area contributed by atoms with Crippen LogP contribution in [-0.4, -0.2) is 11.7 Å². The first-order chi connectivity index (χ1) is 8.25. The van der Waals surface area contributed by atoms with E-state index < -0.39 is 29.1 Å². The van der Waals surface area contributed by atoms with Gasteiger partial charge in [0.1, 0.15) is 0 Å². The summed E-state index contributed by atoms with van der Waals surface area (Å²) in [6.07, 6.45) is -3.80. The summed E-state index contributed by atoms with van der Waals surface area (Å²) in [5, 5.41) is 2.04. The Morgan fingerprint density at radius 2 is 1.94 bits per heavy atom. The number of amides is 1. The van der Waals surface area contributed by atoms with Gasteiger partial charge in [0.2, 0.25) is 5.91 Å². The van der Waals surface area contributed by atoms with Gasteiger partial charge in [0.15, 0.2) is 5.78 Å². The molecule has 0 saturated heterocycles. The molecule has 0 aliphatic carbocycles. The van der Waals surface area contributed by atoms with Crippen LogP contribution in [0.5, 0.6) is 0 Å². The summed E-state index contributed by atoms with van der Waals surface area (Å²) in [4.78, 5) is 22.1. The van der Waals surface area contributed by atoms with Crippen molar-refractivity contribution < 1.29 is 22.8 Å². The second-order valence-corrected chi connectivity index (χ2v) is 3.51. The molecule has 1 rings (SSSR count). The molecule has 1 N–H and O–H groups in total. The van der Waals surface area contributed by atoms with E-state index >= 15 is 0 Å². The number of hydrogen-bond acceptors (Lipinski definition) is 2. The molecule has 0 radical (unpaired) electrons. The fourth-order valence-corrected chi connectivity index (χ4v) is 1.29. The summed E-state index contributed by atoms with van der Waals surface area (Å²) in [6, 6.07) is 2.97. The minimum Gasteiger partial charge on any atom is -0.322 e. The van der Waals surface area contributed by atoms with E-state index in [2.05, 4.69) is 6.58 Å². The van der Waals surface area contributed by atoms with Gasteiger partial charge in [-0.15, -0.1) is 0 Å². The highest BCUT2D eigenvalue weighted by molar-refractivity contribution is 6.00.